The molecule has 29 heavy (non-hydrogen) atoms. The van der Waals surface area contributed by atoms with Gasteiger partial charge in [0.05, 0.1) is 29.2 Å². The van der Waals surface area contributed by atoms with Gasteiger partial charge in [0.2, 0.25) is 0 Å². The minimum Gasteiger partial charge on any atom is -0.369 e. The van der Waals surface area contributed by atoms with Crippen LogP contribution in [0.25, 0.3) is 5.69 Å². The fourth-order valence-corrected chi connectivity index (χ4v) is 3.76. The lowest BCUT2D eigenvalue weighted by Crippen LogP contribution is -2.36. The van der Waals surface area contributed by atoms with Gasteiger partial charge in [-0.05, 0) is 37.1 Å². The van der Waals surface area contributed by atoms with E-state index in [1.807, 2.05) is 21.8 Å². The zero-order valence-corrected chi connectivity index (χ0v) is 15.9. The number of aromatic nitrogens is 4. The van der Waals surface area contributed by atoms with Gasteiger partial charge >= 0.3 is 6.18 Å². The van der Waals surface area contributed by atoms with Gasteiger partial charge in [-0.3, -0.25) is 9.48 Å². The Morgan fingerprint density at radius 3 is 2.52 bits per heavy atom. The van der Waals surface area contributed by atoms with Crippen molar-refractivity contribution >= 4 is 17.3 Å². The van der Waals surface area contributed by atoms with Crippen molar-refractivity contribution in [1.29, 1.82) is 0 Å². The van der Waals surface area contributed by atoms with Gasteiger partial charge in [-0.2, -0.15) is 28.1 Å². The third-order valence-corrected chi connectivity index (χ3v) is 5.38. The van der Waals surface area contributed by atoms with E-state index in [1.54, 1.807) is 6.20 Å². The number of anilines is 1. The van der Waals surface area contributed by atoms with Crippen LogP contribution in [0.15, 0.2) is 53.7 Å². The summed E-state index contributed by atoms with van der Waals surface area (Å²) in [5.74, 6) is 0. The fraction of sp³-hybridized carbons (Fsp3) is 0.316. The number of rotatable bonds is 3. The van der Waals surface area contributed by atoms with Gasteiger partial charge < -0.3 is 4.90 Å². The molecule has 0 saturated carbocycles. The summed E-state index contributed by atoms with van der Waals surface area (Å²) >= 11 is 6.29. The molecule has 152 valence electrons. The first-order valence-electron chi connectivity index (χ1n) is 9.04. The average Bonchev–Trinajstić information content (AvgIpc) is 3.24. The zero-order valence-electron chi connectivity index (χ0n) is 15.2. The highest BCUT2D eigenvalue weighted by atomic mass is 35.5. The van der Waals surface area contributed by atoms with Gasteiger partial charge in [0.15, 0.2) is 0 Å². The van der Waals surface area contributed by atoms with Crippen molar-refractivity contribution in [3.8, 4) is 5.69 Å². The topological polar surface area (TPSA) is 56.0 Å². The van der Waals surface area contributed by atoms with Crippen LogP contribution in [0, 0.1) is 0 Å². The van der Waals surface area contributed by atoms with Crippen LogP contribution in [0.4, 0.5) is 18.9 Å². The quantitative estimate of drug-likeness (QED) is 0.640. The summed E-state index contributed by atoms with van der Waals surface area (Å²) in [6.07, 6.45) is 2.23. The Labute approximate surface area is 169 Å². The van der Waals surface area contributed by atoms with E-state index in [4.69, 9.17) is 11.6 Å². The van der Waals surface area contributed by atoms with E-state index in [-0.39, 0.29) is 16.8 Å². The van der Waals surface area contributed by atoms with E-state index >= 15 is 0 Å². The van der Waals surface area contributed by atoms with Crippen LogP contribution < -0.4 is 10.5 Å². The minimum atomic E-state index is -4.51. The maximum Gasteiger partial charge on any atom is 0.416 e. The number of halogens is 4. The number of benzene rings is 1. The molecule has 3 aromatic rings. The first-order chi connectivity index (χ1) is 13.8. The zero-order chi connectivity index (χ0) is 20.6. The number of hydrogen-bond donors (Lipinski definition) is 0. The molecule has 4 rings (SSSR count). The third-order valence-electron chi connectivity index (χ3n) is 5.02. The standard InChI is InChI=1S/C19H17ClF3N5O/c20-17-16(26-9-5-14(6-10-26)27-8-2-7-24-27)12-25-28(18(17)29)15-4-1-3-13(11-15)19(21,22)23/h1-4,7-8,11-12,14H,5-6,9-10H2. The highest BCUT2D eigenvalue weighted by molar-refractivity contribution is 6.33. The van der Waals surface area contributed by atoms with Gasteiger partial charge in [0, 0.05) is 25.5 Å². The first-order valence-corrected chi connectivity index (χ1v) is 9.42. The Morgan fingerprint density at radius 1 is 1.10 bits per heavy atom. The molecule has 0 unspecified atom stereocenters. The van der Waals surface area contributed by atoms with Gasteiger partial charge in [-0.25, -0.2) is 0 Å². The van der Waals surface area contributed by atoms with Crippen molar-refractivity contribution in [1.82, 2.24) is 19.6 Å². The molecular formula is C19H17ClF3N5O. The molecule has 1 fully saturated rings. The van der Waals surface area contributed by atoms with E-state index in [9.17, 15) is 18.0 Å². The Kier molecular flexibility index (Phi) is 5.08. The van der Waals surface area contributed by atoms with Crippen molar-refractivity contribution in [2.24, 2.45) is 0 Å². The summed E-state index contributed by atoms with van der Waals surface area (Å²) in [4.78, 5) is 14.7. The molecule has 0 atom stereocenters. The van der Waals surface area contributed by atoms with Gasteiger partial charge in [0.25, 0.3) is 5.56 Å². The number of alkyl halides is 3. The van der Waals surface area contributed by atoms with E-state index < -0.39 is 17.3 Å². The minimum absolute atomic E-state index is 0.00988. The summed E-state index contributed by atoms with van der Waals surface area (Å²) in [5.41, 5.74) is -1.02. The second-order valence-electron chi connectivity index (χ2n) is 6.81. The SMILES string of the molecule is O=c1c(Cl)c(N2CCC(n3cccn3)CC2)cnn1-c1cccc(C(F)(F)F)c1. The van der Waals surface area contributed by atoms with Crippen molar-refractivity contribution in [3.63, 3.8) is 0 Å². The lowest BCUT2D eigenvalue weighted by Gasteiger charge is -2.33. The largest absolute Gasteiger partial charge is 0.416 e. The van der Waals surface area contributed by atoms with Crippen LogP contribution in [0.2, 0.25) is 5.02 Å². The van der Waals surface area contributed by atoms with Crippen molar-refractivity contribution in [2.75, 3.05) is 18.0 Å². The second-order valence-corrected chi connectivity index (χ2v) is 7.19. The molecule has 0 spiro atoms. The summed E-state index contributed by atoms with van der Waals surface area (Å²) < 4.78 is 41.7. The van der Waals surface area contributed by atoms with Crippen LogP contribution in [0.3, 0.4) is 0 Å². The maximum atomic E-state index is 13.0. The fourth-order valence-electron chi connectivity index (χ4n) is 3.51. The molecule has 2 aromatic heterocycles. The Morgan fingerprint density at radius 2 is 1.86 bits per heavy atom. The molecule has 1 saturated heterocycles. The molecule has 1 aliphatic rings. The molecule has 1 aliphatic heterocycles. The van der Waals surface area contributed by atoms with Gasteiger partial charge in [-0.15, -0.1) is 0 Å². The highest BCUT2D eigenvalue weighted by Gasteiger charge is 2.31. The molecule has 0 N–H and O–H groups in total. The lowest BCUT2D eigenvalue weighted by atomic mass is 10.0. The Bertz CT molecular complexity index is 1060. The number of hydrogen-bond acceptors (Lipinski definition) is 4. The van der Waals surface area contributed by atoms with Crippen molar-refractivity contribution < 1.29 is 13.2 Å². The smallest absolute Gasteiger partial charge is 0.369 e. The third kappa shape index (κ3) is 3.87. The summed E-state index contributed by atoms with van der Waals surface area (Å²) in [7, 11) is 0. The summed E-state index contributed by atoms with van der Waals surface area (Å²) in [6.45, 7) is 1.33. The second kappa shape index (κ2) is 7.55. The molecule has 0 aliphatic carbocycles. The van der Waals surface area contributed by atoms with Gasteiger partial charge in [-0.1, -0.05) is 17.7 Å². The first kappa shape index (κ1) is 19.5. The molecular weight excluding hydrogens is 407 g/mol. The molecule has 0 radical (unpaired) electrons. The molecule has 3 heterocycles. The summed E-state index contributed by atoms with van der Waals surface area (Å²) in [6, 6.07) is 6.58. The number of piperidine rings is 1. The Balaban J connectivity index is 1.58. The predicted octanol–water partition coefficient (Wildman–Crippen LogP) is 3.94. The molecule has 1 aromatic carbocycles. The van der Waals surface area contributed by atoms with E-state index in [2.05, 4.69) is 10.2 Å². The monoisotopic (exact) mass is 423 g/mol. The van der Waals surface area contributed by atoms with Gasteiger partial charge in [0.1, 0.15) is 5.02 Å². The van der Waals surface area contributed by atoms with Crippen LogP contribution in [0.5, 0.6) is 0 Å². The van der Waals surface area contributed by atoms with Crippen molar-refractivity contribution in [2.45, 2.75) is 25.1 Å². The predicted molar refractivity (Wildman–Crippen MR) is 103 cm³/mol. The van der Waals surface area contributed by atoms with Crippen LogP contribution >= 0.6 is 11.6 Å². The molecule has 0 amide bonds. The van der Waals surface area contributed by atoms with E-state index in [0.717, 1.165) is 29.7 Å². The molecule has 10 heteroatoms. The highest BCUT2D eigenvalue weighted by Crippen LogP contribution is 2.31. The summed E-state index contributed by atoms with van der Waals surface area (Å²) in [5, 5.41) is 8.27. The van der Waals surface area contributed by atoms with E-state index in [1.165, 1.54) is 18.3 Å². The lowest BCUT2D eigenvalue weighted by molar-refractivity contribution is -0.137. The maximum absolute atomic E-state index is 13.0. The number of nitrogens with zero attached hydrogens (tertiary/aromatic N) is 5. The Hall–Kier alpha value is -2.81. The van der Waals surface area contributed by atoms with Crippen LogP contribution in [0.1, 0.15) is 24.4 Å². The van der Waals surface area contributed by atoms with Crippen LogP contribution in [-0.4, -0.2) is 32.7 Å². The van der Waals surface area contributed by atoms with Crippen LogP contribution in [-0.2, 0) is 6.18 Å². The normalized spacial score (nSPS) is 15.7. The molecule has 0 bridgehead atoms. The van der Waals surface area contributed by atoms with E-state index in [0.29, 0.717) is 18.8 Å². The average molecular weight is 424 g/mol. The van der Waals surface area contributed by atoms with Crippen molar-refractivity contribution in [3.05, 3.63) is 69.9 Å². The molecule has 6 nitrogen and oxygen atoms in total.